The van der Waals surface area contributed by atoms with Crippen LogP contribution in [0.5, 0.6) is 0 Å². The maximum Gasteiger partial charge on any atom is 0.279 e. The summed E-state index contributed by atoms with van der Waals surface area (Å²) in [6, 6.07) is 13.2. The van der Waals surface area contributed by atoms with Gasteiger partial charge in [-0.2, -0.15) is 0 Å². The molecule has 1 aliphatic heterocycles. The van der Waals surface area contributed by atoms with Gasteiger partial charge in [0, 0.05) is 5.69 Å². The van der Waals surface area contributed by atoms with Gasteiger partial charge in [0.05, 0.1) is 10.7 Å². The van der Waals surface area contributed by atoms with Gasteiger partial charge >= 0.3 is 0 Å². The molecular weight excluding hydrogens is 388 g/mol. The van der Waals surface area contributed by atoms with Crippen LogP contribution in [0.1, 0.15) is 11.1 Å². The molecule has 1 aliphatic rings. The van der Waals surface area contributed by atoms with E-state index in [9.17, 15) is 9.59 Å². The number of quaternary nitrogens is 2. The van der Waals surface area contributed by atoms with Crippen LogP contribution in [0.4, 0.5) is 11.4 Å². The zero-order chi connectivity index (χ0) is 20.8. The normalized spacial score (nSPS) is 18.9. The van der Waals surface area contributed by atoms with Gasteiger partial charge in [-0.3, -0.25) is 9.59 Å². The molecule has 0 aliphatic carbocycles. The quantitative estimate of drug-likeness (QED) is 0.548. The van der Waals surface area contributed by atoms with Crippen LogP contribution in [0.15, 0.2) is 42.5 Å². The number of amides is 2. The SMILES string of the molecule is Cc1ccc(NC(=O)C[NH+]2CC[NH+](CC(=O)Nc3ccccc3Cl)CC2)cc1C. The standard InChI is InChI=1S/C22H27ClN4O2/c1-16-7-8-18(13-17(16)2)24-21(28)14-26-9-11-27(12-10-26)15-22(29)25-20-6-4-3-5-19(20)23/h3-8,13H,9-12,14-15H2,1-2H3,(H,24,28)(H,25,29)/p+2. The molecule has 0 atom stereocenters. The van der Waals surface area contributed by atoms with Gasteiger partial charge in [-0.25, -0.2) is 0 Å². The van der Waals surface area contributed by atoms with Crippen LogP contribution in [0.2, 0.25) is 5.02 Å². The number of halogens is 1. The summed E-state index contributed by atoms with van der Waals surface area (Å²) in [7, 11) is 0. The van der Waals surface area contributed by atoms with Crippen LogP contribution in [0.25, 0.3) is 0 Å². The summed E-state index contributed by atoms with van der Waals surface area (Å²) in [4.78, 5) is 27.1. The molecule has 0 bridgehead atoms. The first kappa shape index (κ1) is 21.3. The molecule has 1 saturated heterocycles. The molecule has 0 saturated carbocycles. The Labute approximate surface area is 176 Å². The maximum absolute atomic E-state index is 12.4. The first-order chi connectivity index (χ1) is 13.9. The summed E-state index contributed by atoms with van der Waals surface area (Å²) < 4.78 is 0. The number of carbonyl (C=O) groups is 2. The van der Waals surface area contributed by atoms with Crippen molar-refractivity contribution < 1.29 is 19.4 Å². The van der Waals surface area contributed by atoms with Crippen LogP contribution < -0.4 is 20.4 Å². The molecule has 2 amide bonds. The molecule has 0 aromatic heterocycles. The van der Waals surface area contributed by atoms with Gasteiger partial charge in [0.2, 0.25) is 0 Å². The van der Waals surface area contributed by atoms with E-state index in [1.54, 1.807) is 12.1 Å². The predicted octanol–water partition coefficient (Wildman–Crippen LogP) is 0.317. The minimum Gasteiger partial charge on any atom is -0.321 e. The summed E-state index contributed by atoms with van der Waals surface area (Å²) in [5.74, 6) is -0.00722. The molecule has 0 spiro atoms. The van der Waals surface area contributed by atoms with Crippen molar-refractivity contribution >= 4 is 34.8 Å². The Bertz CT molecular complexity index is 879. The Hall–Kier alpha value is -2.41. The number of rotatable bonds is 6. The van der Waals surface area contributed by atoms with Crippen LogP contribution in [-0.4, -0.2) is 51.1 Å². The lowest BCUT2D eigenvalue weighted by Crippen LogP contribution is -3.28. The number of piperazine rings is 1. The zero-order valence-electron chi connectivity index (χ0n) is 17.0. The van der Waals surface area contributed by atoms with Crippen molar-refractivity contribution in [3.63, 3.8) is 0 Å². The first-order valence-electron chi connectivity index (χ1n) is 9.99. The number of carbonyl (C=O) groups excluding carboxylic acids is 2. The highest BCUT2D eigenvalue weighted by atomic mass is 35.5. The fourth-order valence-corrected chi connectivity index (χ4v) is 3.73. The molecule has 7 heteroatoms. The lowest BCUT2D eigenvalue weighted by atomic mass is 10.1. The largest absolute Gasteiger partial charge is 0.321 e. The lowest BCUT2D eigenvalue weighted by Gasteiger charge is -2.29. The van der Waals surface area contributed by atoms with E-state index in [1.165, 1.54) is 20.9 Å². The predicted molar refractivity (Wildman–Crippen MR) is 116 cm³/mol. The maximum atomic E-state index is 12.4. The number of anilines is 2. The van der Waals surface area contributed by atoms with Crippen LogP contribution in [-0.2, 0) is 9.59 Å². The fourth-order valence-electron chi connectivity index (χ4n) is 3.55. The summed E-state index contributed by atoms with van der Waals surface area (Å²) in [5, 5.41) is 6.41. The van der Waals surface area contributed by atoms with Gasteiger partial charge in [-0.15, -0.1) is 0 Å². The molecule has 2 aromatic carbocycles. The van der Waals surface area contributed by atoms with Crippen molar-refractivity contribution in [3.8, 4) is 0 Å². The lowest BCUT2D eigenvalue weighted by molar-refractivity contribution is -1.00. The van der Waals surface area contributed by atoms with Gasteiger partial charge in [0.15, 0.2) is 13.1 Å². The van der Waals surface area contributed by atoms with Crippen molar-refractivity contribution in [2.75, 3.05) is 49.9 Å². The third-order valence-electron chi connectivity index (χ3n) is 5.42. The fraction of sp³-hybridized carbons (Fsp3) is 0.364. The van der Waals surface area contributed by atoms with E-state index in [0.717, 1.165) is 31.9 Å². The summed E-state index contributed by atoms with van der Waals surface area (Å²) >= 11 is 6.09. The molecule has 3 rings (SSSR count). The minimum atomic E-state index is -0.0379. The van der Waals surface area contributed by atoms with E-state index in [2.05, 4.69) is 17.6 Å². The van der Waals surface area contributed by atoms with Crippen molar-refractivity contribution in [2.24, 2.45) is 0 Å². The molecule has 6 nitrogen and oxygen atoms in total. The van der Waals surface area contributed by atoms with E-state index in [0.29, 0.717) is 23.8 Å². The first-order valence-corrected chi connectivity index (χ1v) is 10.4. The molecule has 154 valence electrons. The van der Waals surface area contributed by atoms with Crippen LogP contribution >= 0.6 is 11.6 Å². The van der Waals surface area contributed by atoms with E-state index >= 15 is 0 Å². The topological polar surface area (TPSA) is 67.1 Å². The van der Waals surface area contributed by atoms with Crippen molar-refractivity contribution in [1.29, 1.82) is 0 Å². The van der Waals surface area contributed by atoms with Crippen molar-refractivity contribution in [2.45, 2.75) is 13.8 Å². The number of benzene rings is 2. The van der Waals surface area contributed by atoms with E-state index in [1.807, 2.05) is 37.3 Å². The molecular formula is C22H29ClN4O2+2. The second-order valence-electron chi connectivity index (χ2n) is 7.73. The summed E-state index contributed by atoms with van der Waals surface area (Å²) in [5.41, 5.74) is 3.87. The Balaban J connectivity index is 1.40. The summed E-state index contributed by atoms with van der Waals surface area (Å²) in [6.07, 6.45) is 0. The third kappa shape index (κ3) is 6.29. The van der Waals surface area contributed by atoms with E-state index in [-0.39, 0.29) is 11.8 Å². The number of aryl methyl sites for hydroxylation is 2. The minimum absolute atomic E-state index is 0.0307. The highest BCUT2D eigenvalue weighted by molar-refractivity contribution is 6.33. The number of nitrogens with one attached hydrogen (secondary N) is 4. The van der Waals surface area contributed by atoms with Crippen LogP contribution in [0.3, 0.4) is 0 Å². The highest BCUT2D eigenvalue weighted by Gasteiger charge is 2.26. The Kier molecular flexibility index (Phi) is 7.25. The van der Waals surface area contributed by atoms with Gasteiger partial charge in [-0.05, 0) is 49.2 Å². The Morgan fingerprint density at radius 3 is 2.03 bits per heavy atom. The molecule has 4 N–H and O–H groups in total. The van der Waals surface area contributed by atoms with Gasteiger partial charge in [0.1, 0.15) is 26.2 Å². The Morgan fingerprint density at radius 1 is 0.862 bits per heavy atom. The van der Waals surface area contributed by atoms with E-state index < -0.39 is 0 Å². The van der Waals surface area contributed by atoms with Gasteiger partial charge < -0.3 is 20.4 Å². The van der Waals surface area contributed by atoms with E-state index in [4.69, 9.17) is 11.6 Å². The molecule has 1 heterocycles. The Morgan fingerprint density at radius 2 is 1.45 bits per heavy atom. The zero-order valence-corrected chi connectivity index (χ0v) is 17.7. The third-order valence-corrected chi connectivity index (χ3v) is 5.75. The molecule has 2 aromatic rings. The number of hydrogen-bond acceptors (Lipinski definition) is 2. The molecule has 29 heavy (non-hydrogen) atoms. The molecule has 0 unspecified atom stereocenters. The second-order valence-corrected chi connectivity index (χ2v) is 8.14. The monoisotopic (exact) mass is 416 g/mol. The van der Waals surface area contributed by atoms with Gasteiger partial charge in [-0.1, -0.05) is 29.8 Å². The summed E-state index contributed by atoms with van der Waals surface area (Å²) in [6.45, 7) is 8.43. The highest BCUT2D eigenvalue weighted by Crippen LogP contribution is 2.19. The second kappa shape index (κ2) is 9.87. The van der Waals surface area contributed by atoms with Crippen molar-refractivity contribution in [3.05, 3.63) is 58.6 Å². The number of para-hydroxylation sites is 1. The van der Waals surface area contributed by atoms with Gasteiger partial charge in [0.25, 0.3) is 11.8 Å². The van der Waals surface area contributed by atoms with Crippen molar-refractivity contribution in [1.82, 2.24) is 0 Å². The van der Waals surface area contributed by atoms with Crippen LogP contribution in [0, 0.1) is 13.8 Å². The average molecular weight is 417 g/mol. The molecule has 1 fully saturated rings. The average Bonchev–Trinajstić information content (AvgIpc) is 2.68. The molecule has 0 radical (unpaired) electrons. The number of hydrogen-bond donors (Lipinski definition) is 4. The smallest absolute Gasteiger partial charge is 0.279 e.